The van der Waals surface area contributed by atoms with E-state index < -0.39 is 0 Å². The largest absolute Gasteiger partial charge is 0.337 e. The molecule has 0 saturated heterocycles. The number of carbonyl (C=O) groups excluding carboxylic acids is 2. The van der Waals surface area contributed by atoms with Crippen LogP contribution >= 0.6 is 24.2 Å². The van der Waals surface area contributed by atoms with E-state index in [0.29, 0.717) is 25.2 Å². The average Bonchev–Trinajstić information content (AvgIpc) is 2.65. The summed E-state index contributed by atoms with van der Waals surface area (Å²) in [6.45, 7) is 3.01. The van der Waals surface area contributed by atoms with Gasteiger partial charge in [0.15, 0.2) is 0 Å². The Morgan fingerprint density at radius 2 is 1.81 bits per heavy atom. The maximum atomic E-state index is 12.9. The van der Waals surface area contributed by atoms with E-state index in [9.17, 15) is 9.59 Å². The summed E-state index contributed by atoms with van der Waals surface area (Å²) in [4.78, 5) is 26.9. The standard InChI is InChI=1S/C20H25N3O2S.ClH/c1-15(24)22-18-9-8-17(14-19(18)26-2)20(25)23(13-11-21)12-10-16-6-4-3-5-7-16;/h3-9,14H,10-13,21H2,1-2H3,(H,22,24);1H. The zero-order valence-corrected chi connectivity index (χ0v) is 17.2. The van der Waals surface area contributed by atoms with Crippen LogP contribution in [0.4, 0.5) is 5.69 Å². The van der Waals surface area contributed by atoms with Crippen LogP contribution in [0.15, 0.2) is 53.4 Å². The lowest BCUT2D eigenvalue weighted by molar-refractivity contribution is -0.114. The quantitative estimate of drug-likeness (QED) is 0.657. The van der Waals surface area contributed by atoms with Gasteiger partial charge in [0.25, 0.3) is 5.91 Å². The molecule has 27 heavy (non-hydrogen) atoms. The molecule has 2 rings (SSSR count). The van der Waals surface area contributed by atoms with Crippen molar-refractivity contribution < 1.29 is 9.59 Å². The second-order valence-electron chi connectivity index (χ2n) is 5.91. The number of carbonyl (C=O) groups is 2. The first kappa shape index (κ1) is 23.0. The molecule has 7 heteroatoms. The number of benzene rings is 2. The lowest BCUT2D eigenvalue weighted by atomic mass is 10.1. The van der Waals surface area contributed by atoms with Crippen LogP contribution in [-0.2, 0) is 11.2 Å². The fraction of sp³-hybridized carbons (Fsp3) is 0.300. The Labute approximate surface area is 171 Å². The number of nitrogens with two attached hydrogens (primary N) is 1. The fourth-order valence-corrected chi connectivity index (χ4v) is 3.26. The Morgan fingerprint density at radius 1 is 1.11 bits per heavy atom. The summed E-state index contributed by atoms with van der Waals surface area (Å²) < 4.78 is 0. The third kappa shape index (κ3) is 6.90. The number of anilines is 1. The molecular weight excluding hydrogens is 382 g/mol. The van der Waals surface area contributed by atoms with Crippen LogP contribution in [-0.4, -0.2) is 42.6 Å². The topological polar surface area (TPSA) is 75.4 Å². The molecule has 146 valence electrons. The summed E-state index contributed by atoms with van der Waals surface area (Å²) >= 11 is 1.49. The number of nitrogens with one attached hydrogen (secondary N) is 1. The molecule has 0 spiro atoms. The van der Waals surface area contributed by atoms with Crippen LogP contribution in [0, 0.1) is 0 Å². The molecule has 2 aromatic rings. The third-order valence-electron chi connectivity index (χ3n) is 3.96. The molecule has 0 aliphatic rings. The van der Waals surface area contributed by atoms with E-state index in [4.69, 9.17) is 5.73 Å². The van der Waals surface area contributed by atoms with Gasteiger partial charge in [0.05, 0.1) is 5.69 Å². The SMILES string of the molecule is CSc1cc(C(=O)N(CCN)CCc2ccccc2)ccc1NC(C)=O.Cl. The molecule has 2 aromatic carbocycles. The summed E-state index contributed by atoms with van der Waals surface area (Å²) in [5, 5.41) is 2.79. The molecule has 0 bridgehead atoms. The van der Waals surface area contributed by atoms with Crippen LogP contribution in [0.1, 0.15) is 22.8 Å². The molecule has 0 fully saturated rings. The maximum absolute atomic E-state index is 12.9. The van der Waals surface area contributed by atoms with Gasteiger partial charge in [-0.1, -0.05) is 30.3 Å². The molecule has 0 aliphatic heterocycles. The van der Waals surface area contributed by atoms with Gasteiger partial charge in [-0.3, -0.25) is 9.59 Å². The molecule has 3 N–H and O–H groups in total. The van der Waals surface area contributed by atoms with Crippen LogP contribution in [0.5, 0.6) is 0 Å². The van der Waals surface area contributed by atoms with Gasteiger partial charge in [0, 0.05) is 37.0 Å². The average molecular weight is 408 g/mol. The van der Waals surface area contributed by atoms with Crippen molar-refractivity contribution in [2.24, 2.45) is 5.73 Å². The van der Waals surface area contributed by atoms with E-state index in [1.165, 1.54) is 24.2 Å². The van der Waals surface area contributed by atoms with Crippen molar-refractivity contribution in [3.05, 3.63) is 59.7 Å². The number of nitrogens with zero attached hydrogens (tertiary/aromatic N) is 1. The number of hydrogen-bond acceptors (Lipinski definition) is 4. The van der Waals surface area contributed by atoms with E-state index in [1.807, 2.05) is 30.5 Å². The number of thioether (sulfide) groups is 1. The van der Waals surface area contributed by atoms with Gasteiger partial charge in [0.1, 0.15) is 0 Å². The van der Waals surface area contributed by atoms with Crippen LogP contribution in [0.3, 0.4) is 0 Å². The molecule has 0 saturated carbocycles. The van der Waals surface area contributed by atoms with Gasteiger partial charge in [-0.05, 0) is 36.4 Å². The minimum Gasteiger partial charge on any atom is -0.337 e. The van der Waals surface area contributed by atoms with Crippen molar-refractivity contribution >= 4 is 41.7 Å². The second-order valence-corrected chi connectivity index (χ2v) is 6.76. The Kier molecular flexibility index (Phi) is 9.93. The van der Waals surface area contributed by atoms with Crippen LogP contribution in [0.25, 0.3) is 0 Å². The Bertz CT molecular complexity index is 756. The van der Waals surface area contributed by atoms with E-state index in [2.05, 4.69) is 17.4 Å². The highest BCUT2D eigenvalue weighted by Gasteiger charge is 2.17. The second kappa shape index (κ2) is 11.6. The van der Waals surface area contributed by atoms with Gasteiger partial charge in [0.2, 0.25) is 5.91 Å². The highest BCUT2D eigenvalue weighted by Crippen LogP contribution is 2.27. The molecule has 0 unspecified atom stereocenters. The Balaban J connectivity index is 0.00000364. The summed E-state index contributed by atoms with van der Waals surface area (Å²) in [7, 11) is 0. The van der Waals surface area contributed by atoms with Crippen molar-refractivity contribution in [1.82, 2.24) is 4.90 Å². The van der Waals surface area contributed by atoms with Crippen LogP contribution < -0.4 is 11.1 Å². The smallest absolute Gasteiger partial charge is 0.253 e. The summed E-state index contributed by atoms with van der Waals surface area (Å²) in [6.07, 6.45) is 2.70. The van der Waals surface area contributed by atoms with Crippen molar-refractivity contribution in [2.45, 2.75) is 18.2 Å². The zero-order valence-electron chi connectivity index (χ0n) is 15.6. The first-order chi connectivity index (χ1) is 12.5. The zero-order chi connectivity index (χ0) is 18.9. The summed E-state index contributed by atoms with van der Waals surface area (Å²) in [5.41, 5.74) is 8.21. The maximum Gasteiger partial charge on any atom is 0.253 e. The molecule has 5 nitrogen and oxygen atoms in total. The lowest BCUT2D eigenvalue weighted by Gasteiger charge is -2.23. The van der Waals surface area contributed by atoms with Crippen molar-refractivity contribution in [3.8, 4) is 0 Å². The lowest BCUT2D eigenvalue weighted by Crippen LogP contribution is -2.37. The minimum absolute atomic E-state index is 0. The van der Waals surface area contributed by atoms with Gasteiger partial charge in [-0.2, -0.15) is 0 Å². The molecule has 0 atom stereocenters. The molecule has 0 aliphatic carbocycles. The van der Waals surface area contributed by atoms with E-state index in [-0.39, 0.29) is 24.2 Å². The van der Waals surface area contributed by atoms with E-state index in [0.717, 1.165) is 17.0 Å². The molecule has 0 aromatic heterocycles. The first-order valence-electron chi connectivity index (χ1n) is 8.54. The molecule has 0 radical (unpaired) electrons. The molecule has 0 heterocycles. The van der Waals surface area contributed by atoms with Gasteiger partial charge >= 0.3 is 0 Å². The predicted octanol–water partition coefficient (Wildman–Crippen LogP) is 3.43. The van der Waals surface area contributed by atoms with Crippen LogP contribution in [0.2, 0.25) is 0 Å². The summed E-state index contributed by atoms with van der Waals surface area (Å²) in [6, 6.07) is 15.4. The Morgan fingerprint density at radius 3 is 2.41 bits per heavy atom. The van der Waals surface area contributed by atoms with Crippen molar-refractivity contribution in [3.63, 3.8) is 0 Å². The van der Waals surface area contributed by atoms with Gasteiger partial charge < -0.3 is 16.0 Å². The minimum atomic E-state index is -0.132. The molecular formula is C20H26ClN3O2S. The molecule has 2 amide bonds. The summed E-state index contributed by atoms with van der Waals surface area (Å²) in [5.74, 6) is -0.178. The highest BCUT2D eigenvalue weighted by molar-refractivity contribution is 7.98. The van der Waals surface area contributed by atoms with E-state index in [1.54, 1.807) is 17.0 Å². The third-order valence-corrected chi connectivity index (χ3v) is 4.74. The number of halogens is 1. The van der Waals surface area contributed by atoms with Gasteiger partial charge in [-0.15, -0.1) is 24.2 Å². The van der Waals surface area contributed by atoms with E-state index >= 15 is 0 Å². The monoisotopic (exact) mass is 407 g/mol. The fourth-order valence-electron chi connectivity index (χ4n) is 2.68. The van der Waals surface area contributed by atoms with Crippen molar-refractivity contribution in [1.29, 1.82) is 0 Å². The normalized spacial score (nSPS) is 10.0. The highest BCUT2D eigenvalue weighted by atomic mass is 35.5. The number of amides is 2. The number of rotatable bonds is 8. The Hall–Kier alpha value is -2.02. The number of hydrogen-bond donors (Lipinski definition) is 2. The van der Waals surface area contributed by atoms with Gasteiger partial charge in [-0.25, -0.2) is 0 Å². The first-order valence-corrected chi connectivity index (χ1v) is 9.76. The predicted molar refractivity (Wildman–Crippen MR) is 115 cm³/mol. The van der Waals surface area contributed by atoms with Crippen molar-refractivity contribution in [2.75, 3.05) is 31.2 Å².